The summed E-state index contributed by atoms with van der Waals surface area (Å²) in [5.74, 6) is 0.180. The number of hydrogen-bond acceptors (Lipinski definition) is 6. The van der Waals surface area contributed by atoms with Crippen molar-refractivity contribution < 1.29 is 23.8 Å². The summed E-state index contributed by atoms with van der Waals surface area (Å²) in [6.45, 7) is 1.72. The number of aryl methyl sites for hydroxylation is 1. The zero-order chi connectivity index (χ0) is 20.1. The molecule has 144 valence electrons. The first-order valence-corrected chi connectivity index (χ1v) is 8.56. The molecule has 0 bridgehead atoms. The molecule has 0 saturated heterocycles. The van der Waals surface area contributed by atoms with Gasteiger partial charge >= 0.3 is 5.97 Å². The Morgan fingerprint density at radius 3 is 2.46 bits per heavy atom. The molecular weight excluding hydrogens is 360 g/mol. The van der Waals surface area contributed by atoms with Crippen molar-refractivity contribution in [2.75, 3.05) is 26.1 Å². The van der Waals surface area contributed by atoms with Crippen molar-refractivity contribution in [3.05, 3.63) is 59.8 Å². The van der Waals surface area contributed by atoms with E-state index in [-0.39, 0.29) is 18.2 Å². The standard InChI is InChI=1S/C21H20N2O5/c1-13-4-9-17-16(10-13)19(11-18(23-17)21(25)27-3)28-12-20(24)22-14-5-7-15(26-2)8-6-14/h4-11H,12H2,1-3H3,(H,22,24). The van der Waals surface area contributed by atoms with Gasteiger partial charge in [0.25, 0.3) is 5.91 Å². The van der Waals surface area contributed by atoms with E-state index in [9.17, 15) is 9.59 Å². The van der Waals surface area contributed by atoms with Gasteiger partial charge in [-0.3, -0.25) is 4.79 Å². The Morgan fingerprint density at radius 2 is 1.79 bits per heavy atom. The number of rotatable bonds is 6. The lowest BCUT2D eigenvalue weighted by Crippen LogP contribution is -2.20. The van der Waals surface area contributed by atoms with Crippen LogP contribution >= 0.6 is 0 Å². The average molecular weight is 380 g/mol. The van der Waals surface area contributed by atoms with E-state index in [0.717, 1.165) is 5.56 Å². The van der Waals surface area contributed by atoms with Crippen molar-refractivity contribution >= 4 is 28.5 Å². The quantitative estimate of drug-likeness (QED) is 0.660. The van der Waals surface area contributed by atoms with Crippen LogP contribution in [-0.4, -0.2) is 37.7 Å². The van der Waals surface area contributed by atoms with Crippen molar-refractivity contribution in [1.29, 1.82) is 0 Å². The van der Waals surface area contributed by atoms with E-state index in [1.807, 2.05) is 19.1 Å². The smallest absolute Gasteiger partial charge is 0.356 e. The molecular formula is C21H20N2O5. The summed E-state index contributed by atoms with van der Waals surface area (Å²) in [4.78, 5) is 28.4. The number of carbonyl (C=O) groups excluding carboxylic acids is 2. The van der Waals surface area contributed by atoms with E-state index in [2.05, 4.69) is 10.3 Å². The van der Waals surface area contributed by atoms with Crippen LogP contribution in [0, 0.1) is 6.92 Å². The lowest BCUT2D eigenvalue weighted by atomic mass is 10.1. The maximum atomic E-state index is 12.2. The molecule has 1 heterocycles. The first kappa shape index (κ1) is 19.2. The van der Waals surface area contributed by atoms with Crippen LogP contribution in [0.15, 0.2) is 48.5 Å². The fourth-order valence-electron chi connectivity index (χ4n) is 2.65. The summed E-state index contributed by atoms with van der Waals surface area (Å²) < 4.78 is 15.5. The maximum absolute atomic E-state index is 12.2. The molecule has 3 rings (SSSR count). The molecule has 0 radical (unpaired) electrons. The Labute approximate surface area is 162 Å². The molecule has 0 spiro atoms. The molecule has 7 nitrogen and oxygen atoms in total. The van der Waals surface area contributed by atoms with Gasteiger partial charge in [0, 0.05) is 17.1 Å². The number of methoxy groups -OCH3 is 2. The second-order valence-electron chi connectivity index (χ2n) is 6.08. The van der Waals surface area contributed by atoms with Crippen LogP contribution in [0.4, 0.5) is 5.69 Å². The molecule has 7 heteroatoms. The zero-order valence-electron chi connectivity index (χ0n) is 15.8. The number of pyridine rings is 1. The molecule has 2 aromatic carbocycles. The van der Waals surface area contributed by atoms with Crippen LogP contribution in [0.25, 0.3) is 10.9 Å². The maximum Gasteiger partial charge on any atom is 0.356 e. The third-order valence-electron chi connectivity index (χ3n) is 4.05. The molecule has 0 atom stereocenters. The fraction of sp³-hybridized carbons (Fsp3) is 0.190. The van der Waals surface area contributed by atoms with Gasteiger partial charge in [0.1, 0.15) is 11.5 Å². The lowest BCUT2D eigenvalue weighted by Gasteiger charge is -2.12. The van der Waals surface area contributed by atoms with Gasteiger partial charge in [-0.2, -0.15) is 0 Å². The lowest BCUT2D eigenvalue weighted by molar-refractivity contribution is -0.118. The monoisotopic (exact) mass is 380 g/mol. The molecule has 0 aliphatic carbocycles. The van der Waals surface area contributed by atoms with E-state index in [0.29, 0.717) is 28.1 Å². The number of fused-ring (bicyclic) bond motifs is 1. The number of ether oxygens (including phenoxy) is 3. The van der Waals surface area contributed by atoms with Gasteiger partial charge in [-0.05, 0) is 43.3 Å². The molecule has 0 fully saturated rings. The van der Waals surface area contributed by atoms with E-state index in [1.165, 1.54) is 13.2 Å². The Kier molecular flexibility index (Phi) is 5.74. The van der Waals surface area contributed by atoms with Gasteiger partial charge in [-0.25, -0.2) is 9.78 Å². The molecule has 3 aromatic rings. The van der Waals surface area contributed by atoms with Crippen LogP contribution in [0.2, 0.25) is 0 Å². The van der Waals surface area contributed by atoms with Crippen LogP contribution in [0.5, 0.6) is 11.5 Å². The number of hydrogen-bond donors (Lipinski definition) is 1. The van der Waals surface area contributed by atoms with E-state index in [4.69, 9.17) is 14.2 Å². The van der Waals surface area contributed by atoms with Gasteiger partial charge in [-0.15, -0.1) is 0 Å². The molecule has 1 N–H and O–H groups in total. The van der Waals surface area contributed by atoms with Crippen LogP contribution < -0.4 is 14.8 Å². The Hall–Kier alpha value is -3.61. The first-order chi connectivity index (χ1) is 13.5. The molecule has 1 aromatic heterocycles. The van der Waals surface area contributed by atoms with Crippen LogP contribution in [-0.2, 0) is 9.53 Å². The summed E-state index contributed by atoms with van der Waals surface area (Å²) in [5, 5.41) is 3.46. The van der Waals surface area contributed by atoms with Gasteiger partial charge in [0.15, 0.2) is 12.3 Å². The summed E-state index contributed by atoms with van der Waals surface area (Å²) in [6, 6.07) is 14.0. The van der Waals surface area contributed by atoms with Crippen molar-refractivity contribution in [1.82, 2.24) is 4.98 Å². The minimum absolute atomic E-state index is 0.115. The predicted octanol–water partition coefficient (Wildman–Crippen LogP) is 3.36. The van der Waals surface area contributed by atoms with Gasteiger partial charge in [-0.1, -0.05) is 11.6 Å². The summed E-state index contributed by atoms with van der Waals surface area (Å²) in [7, 11) is 2.86. The summed E-state index contributed by atoms with van der Waals surface area (Å²) in [6.07, 6.45) is 0. The Bertz CT molecular complexity index is 1020. The number of amides is 1. The van der Waals surface area contributed by atoms with Crippen molar-refractivity contribution in [2.45, 2.75) is 6.92 Å². The second-order valence-corrected chi connectivity index (χ2v) is 6.08. The highest BCUT2D eigenvalue weighted by Crippen LogP contribution is 2.27. The minimum Gasteiger partial charge on any atom is -0.497 e. The summed E-state index contributed by atoms with van der Waals surface area (Å²) >= 11 is 0. The largest absolute Gasteiger partial charge is 0.497 e. The number of nitrogens with zero attached hydrogens (tertiary/aromatic N) is 1. The third-order valence-corrected chi connectivity index (χ3v) is 4.05. The Balaban J connectivity index is 1.79. The van der Waals surface area contributed by atoms with Crippen LogP contribution in [0.3, 0.4) is 0 Å². The minimum atomic E-state index is -0.574. The zero-order valence-corrected chi connectivity index (χ0v) is 15.8. The van der Waals surface area contributed by atoms with Crippen molar-refractivity contribution in [3.8, 4) is 11.5 Å². The molecule has 0 aliphatic rings. The van der Waals surface area contributed by atoms with E-state index >= 15 is 0 Å². The number of aromatic nitrogens is 1. The Morgan fingerprint density at radius 1 is 1.04 bits per heavy atom. The van der Waals surface area contributed by atoms with E-state index in [1.54, 1.807) is 37.4 Å². The van der Waals surface area contributed by atoms with E-state index < -0.39 is 5.97 Å². The highest BCUT2D eigenvalue weighted by molar-refractivity contribution is 5.95. The second kappa shape index (κ2) is 8.39. The van der Waals surface area contributed by atoms with Crippen LogP contribution in [0.1, 0.15) is 16.1 Å². The third kappa shape index (κ3) is 4.37. The SMILES string of the molecule is COC(=O)c1cc(OCC(=O)Nc2ccc(OC)cc2)c2cc(C)ccc2n1. The van der Waals surface area contributed by atoms with Gasteiger partial charge in [0.05, 0.1) is 19.7 Å². The topological polar surface area (TPSA) is 86.8 Å². The first-order valence-electron chi connectivity index (χ1n) is 8.56. The highest BCUT2D eigenvalue weighted by atomic mass is 16.5. The van der Waals surface area contributed by atoms with Gasteiger partial charge in [0.2, 0.25) is 0 Å². The molecule has 0 aliphatic heterocycles. The predicted molar refractivity (Wildman–Crippen MR) is 105 cm³/mol. The van der Waals surface area contributed by atoms with Gasteiger partial charge < -0.3 is 19.5 Å². The summed E-state index contributed by atoms with van der Waals surface area (Å²) in [5.41, 5.74) is 2.33. The number of anilines is 1. The number of carbonyl (C=O) groups is 2. The number of esters is 1. The molecule has 28 heavy (non-hydrogen) atoms. The number of benzene rings is 2. The number of nitrogens with one attached hydrogen (secondary N) is 1. The normalized spacial score (nSPS) is 10.4. The molecule has 1 amide bonds. The average Bonchev–Trinajstić information content (AvgIpc) is 2.71. The molecule has 0 unspecified atom stereocenters. The van der Waals surface area contributed by atoms with Crippen molar-refractivity contribution in [2.24, 2.45) is 0 Å². The fourth-order valence-corrected chi connectivity index (χ4v) is 2.65. The molecule has 0 saturated carbocycles. The highest BCUT2D eigenvalue weighted by Gasteiger charge is 2.14. The van der Waals surface area contributed by atoms with Crippen molar-refractivity contribution in [3.63, 3.8) is 0 Å².